The van der Waals surface area contributed by atoms with E-state index < -0.39 is 0 Å². The van der Waals surface area contributed by atoms with Crippen LogP contribution in [0.3, 0.4) is 0 Å². The van der Waals surface area contributed by atoms with Crippen LogP contribution in [0.1, 0.15) is 43.7 Å². The maximum absolute atomic E-state index is 10.6. The van der Waals surface area contributed by atoms with E-state index in [0.717, 1.165) is 30.8 Å². The number of hydrogen-bond acceptors (Lipinski definition) is 4. The average Bonchev–Trinajstić information content (AvgIpc) is 2.60. The van der Waals surface area contributed by atoms with Crippen LogP contribution in [-0.4, -0.2) is 25.8 Å². The molecule has 1 atom stereocenters. The molecular weight excluding hydrogens is 304 g/mol. The van der Waals surface area contributed by atoms with Gasteiger partial charge in [0, 0.05) is 12.8 Å². The van der Waals surface area contributed by atoms with Gasteiger partial charge in [0.15, 0.2) is 0 Å². The summed E-state index contributed by atoms with van der Waals surface area (Å²) in [7, 11) is 0. The molecule has 1 aromatic rings. The van der Waals surface area contributed by atoms with Gasteiger partial charge in [-0.25, -0.2) is 0 Å². The molecule has 2 rings (SSSR count). The van der Waals surface area contributed by atoms with Crippen molar-refractivity contribution >= 4 is 5.97 Å². The molecule has 0 aromatic heterocycles. The number of carbonyl (C=O) groups excluding carboxylic acids is 1. The van der Waals surface area contributed by atoms with Gasteiger partial charge in [-0.3, -0.25) is 4.79 Å². The van der Waals surface area contributed by atoms with E-state index in [1.807, 2.05) is 0 Å². The highest BCUT2D eigenvalue weighted by Gasteiger charge is 2.11. The minimum atomic E-state index is -0.277. The Labute approximate surface area is 144 Å². The molecule has 1 aromatic carbocycles. The predicted molar refractivity (Wildman–Crippen MR) is 93.6 cm³/mol. The molecule has 0 radical (unpaired) electrons. The fraction of sp³-hybridized carbons (Fsp3) is 0.450. The third-order valence-corrected chi connectivity index (χ3v) is 3.75. The fourth-order valence-corrected chi connectivity index (χ4v) is 2.47. The first kappa shape index (κ1) is 18.3. The quantitative estimate of drug-likeness (QED) is 0.505. The molecule has 0 spiro atoms. The lowest BCUT2D eigenvalue weighted by Crippen LogP contribution is -2.07. The molecule has 1 unspecified atom stereocenters. The topological polar surface area (TPSA) is 44.8 Å². The van der Waals surface area contributed by atoms with Crippen molar-refractivity contribution in [1.82, 2.24) is 0 Å². The van der Waals surface area contributed by atoms with Crippen molar-refractivity contribution in [1.29, 1.82) is 0 Å². The highest BCUT2D eigenvalue weighted by molar-refractivity contribution is 5.65. The molecule has 0 bridgehead atoms. The number of allylic oxidation sites excluding steroid dienone is 3. The second-order valence-corrected chi connectivity index (χ2v) is 5.79. The predicted octanol–water partition coefficient (Wildman–Crippen LogP) is 4.12. The van der Waals surface area contributed by atoms with Gasteiger partial charge in [-0.2, -0.15) is 0 Å². The molecule has 1 aliphatic carbocycles. The van der Waals surface area contributed by atoms with Crippen LogP contribution in [0, 0.1) is 0 Å². The Morgan fingerprint density at radius 2 is 1.96 bits per heavy atom. The SMILES string of the molecule is CCCOC1=CCC(c2ccc(COCCOC(C)=O)cc2)C=C1. The van der Waals surface area contributed by atoms with Crippen molar-refractivity contribution < 1.29 is 19.0 Å². The van der Waals surface area contributed by atoms with Crippen molar-refractivity contribution in [2.45, 2.75) is 39.2 Å². The zero-order valence-corrected chi connectivity index (χ0v) is 14.5. The minimum absolute atomic E-state index is 0.277. The molecule has 0 saturated carbocycles. The number of esters is 1. The first-order valence-electron chi connectivity index (χ1n) is 8.50. The van der Waals surface area contributed by atoms with E-state index in [0.29, 0.717) is 25.7 Å². The lowest BCUT2D eigenvalue weighted by atomic mass is 9.91. The Hall–Kier alpha value is -2.07. The van der Waals surface area contributed by atoms with Crippen LogP contribution in [0.15, 0.2) is 48.3 Å². The second kappa shape index (κ2) is 9.93. The van der Waals surface area contributed by atoms with Gasteiger partial charge in [-0.15, -0.1) is 0 Å². The first-order valence-corrected chi connectivity index (χ1v) is 8.50. The van der Waals surface area contributed by atoms with Crippen LogP contribution in [-0.2, 0) is 25.6 Å². The van der Waals surface area contributed by atoms with Gasteiger partial charge in [0.2, 0.25) is 0 Å². The first-order chi connectivity index (χ1) is 11.7. The molecule has 1 aliphatic rings. The summed E-state index contributed by atoms with van der Waals surface area (Å²) in [5, 5.41) is 0. The molecule has 0 aliphatic heterocycles. The van der Waals surface area contributed by atoms with E-state index >= 15 is 0 Å². The van der Waals surface area contributed by atoms with E-state index in [-0.39, 0.29) is 5.97 Å². The van der Waals surface area contributed by atoms with E-state index in [4.69, 9.17) is 14.2 Å². The van der Waals surface area contributed by atoms with E-state index in [2.05, 4.69) is 49.4 Å². The van der Waals surface area contributed by atoms with Crippen LogP contribution in [0.4, 0.5) is 0 Å². The number of benzene rings is 1. The number of hydrogen-bond donors (Lipinski definition) is 0. The Morgan fingerprint density at radius 1 is 1.17 bits per heavy atom. The monoisotopic (exact) mass is 330 g/mol. The summed E-state index contributed by atoms with van der Waals surface area (Å²) in [6.07, 6.45) is 8.42. The number of rotatable bonds is 9. The van der Waals surface area contributed by atoms with Gasteiger partial charge in [0.05, 0.1) is 19.8 Å². The smallest absolute Gasteiger partial charge is 0.302 e. The van der Waals surface area contributed by atoms with Crippen molar-refractivity contribution in [2.24, 2.45) is 0 Å². The van der Waals surface area contributed by atoms with Gasteiger partial charge in [-0.1, -0.05) is 37.3 Å². The molecule has 24 heavy (non-hydrogen) atoms. The average molecular weight is 330 g/mol. The fourth-order valence-electron chi connectivity index (χ4n) is 2.47. The van der Waals surface area contributed by atoms with Crippen molar-refractivity contribution in [3.63, 3.8) is 0 Å². The van der Waals surface area contributed by atoms with E-state index in [9.17, 15) is 4.79 Å². The Morgan fingerprint density at radius 3 is 2.58 bits per heavy atom. The zero-order chi connectivity index (χ0) is 17.2. The van der Waals surface area contributed by atoms with Crippen LogP contribution in [0.25, 0.3) is 0 Å². The maximum Gasteiger partial charge on any atom is 0.302 e. The minimum Gasteiger partial charge on any atom is -0.494 e. The molecule has 4 heteroatoms. The highest BCUT2D eigenvalue weighted by atomic mass is 16.6. The summed E-state index contributed by atoms with van der Waals surface area (Å²) in [6, 6.07) is 8.46. The molecule has 4 nitrogen and oxygen atoms in total. The third kappa shape index (κ3) is 6.20. The van der Waals surface area contributed by atoms with Gasteiger partial charge in [-0.05, 0) is 36.1 Å². The largest absolute Gasteiger partial charge is 0.494 e. The van der Waals surface area contributed by atoms with Gasteiger partial charge < -0.3 is 14.2 Å². The summed E-state index contributed by atoms with van der Waals surface area (Å²) < 4.78 is 16.0. The maximum atomic E-state index is 10.6. The summed E-state index contributed by atoms with van der Waals surface area (Å²) in [5.41, 5.74) is 2.41. The standard InChI is InChI=1S/C20H26O4/c1-3-12-24-20-10-8-19(9-11-20)18-6-4-17(5-7-18)15-22-13-14-23-16(2)21/h4-8,10-11,19H,3,9,12-15H2,1-2H3. The molecule has 0 fully saturated rings. The van der Waals surface area contributed by atoms with E-state index in [1.54, 1.807) is 0 Å². The molecule has 130 valence electrons. The molecule has 0 heterocycles. The van der Waals surface area contributed by atoms with E-state index in [1.165, 1.54) is 12.5 Å². The highest BCUT2D eigenvalue weighted by Crippen LogP contribution is 2.27. The van der Waals surface area contributed by atoms with Gasteiger partial charge in [0.25, 0.3) is 0 Å². The van der Waals surface area contributed by atoms with Gasteiger partial charge in [0.1, 0.15) is 12.4 Å². The normalized spacial score (nSPS) is 16.6. The Bertz CT molecular complexity index is 572. The van der Waals surface area contributed by atoms with Crippen molar-refractivity contribution in [3.8, 4) is 0 Å². The molecular formula is C20H26O4. The van der Waals surface area contributed by atoms with Crippen molar-refractivity contribution in [2.75, 3.05) is 19.8 Å². The summed E-state index contributed by atoms with van der Waals surface area (Å²) in [4.78, 5) is 10.6. The zero-order valence-electron chi connectivity index (χ0n) is 14.5. The summed E-state index contributed by atoms with van der Waals surface area (Å²) >= 11 is 0. The number of carbonyl (C=O) groups is 1. The van der Waals surface area contributed by atoms with Crippen molar-refractivity contribution in [3.05, 3.63) is 59.4 Å². The van der Waals surface area contributed by atoms with Crippen LogP contribution in [0.2, 0.25) is 0 Å². The number of ether oxygens (including phenoxy) is 3. The summed E-state index contributed by atoms with van der Waals surface area (Å²) in [5.74, 6) is 1.10. The molecule has 0 amide bonds. The second-order valence-electron chi connectivity index (χ2n) is 5.79. The molecule has 0 N–H and O–H groups in total. The lowest BCUT2D eigenvalue weighted by molar-refractivity contribution is -0.142. The van der Waals surface area contributed by atoms with Crippen LogP contribution in [0.5, 0.6) is 0 Å². The Kier molecular flexibility index (Phi) is 7.56. The third-order valence-electron chi connectivity index (χ3n) is 3.75. The molecule has 0 saturated heterocycles. The lowest BCUT2D eigenvalue weighted by Gasteiger charge is -2.17. The Balaban J connectivity index is 1.75. The van der Waals surface area contributed by atoms with Crippen LogP contribution < -0.4 is 0 Å². The summed E-state index contributed by atoms with van der Waals surface area (Å²) in [6.45, 7) is 5.51. The van der Waals surface area contributed by atoms with Gasteiger partial charge >= 0.3 is 5.97 Å². The van der Waals surface area contributed by atoms with Crippen LogP contribution >= 0.6 is 0 Å².